The Kier molecular flexibility index (Phi) is 5.26. The summed E-state index contributed by atoms with van der Waals surface area (Å²) < 4.78 is 5.05. The van der Waals surface area contributed by atoms with E-state index in [-0.39, 0.29) is 0 Å². The minimum Gasteiger partial charge on any atom is -0.385 e. The molecule has 0 aliphatic carbocycles. The average Bonchev–Trinajstić information content (AvgIpc) is 2.92. The second-order valence-corrected chi connectivity index (χ2v) is 5.47. The molecule has 5 heteroatoms. The molecule has 0 N–H and O–H groups in total. The molecule has 2 rings (SSSR count). The van der Waals surface area contributed by atoms with Crippen LogP contribution in [0.2, 0.25) is 0 Å². The third-order valence-electron chi connectivity index (χ3n) is 2.96. The van der Waals surface area contributed by atoms with Gasteiger partial charge in [-0.15, -0.1) is 0 Å². The molecule has 0 atom stereocenters. The van der Waals surface area contributed by atoms with Crippen molar-refractivity contribution < 1.29 is 9.53 Å². The molecular weight excluding hydrogens is 272 g/mol. The molecule has 20 heavy (non-hydrogen) atoms. The summed E-state index contributed by atoms with van der Waals surface area (Å²) in [6.07, 6.45) is 1.82. The Bertz CT molecular complexity index is 554. The number of anilines is 1. The largest absolute Gasteiger partial charge is 0.385 e. The number of hydrogen-bond acceptors (Lipinski definition) is 5. The summed E-state index contributed by atoms with van der Waals surface area (Å²) in [5.74, 6) is 0. The van der Waals surface area contributed by atoms with Crippen LogP contribution < -0.4 is 4.90 Å². The van der Waals surface area contributed by atoms with E-state index < -0.39 is 0 Å². The summed E-state index contributed by atoms with van der Waals surface area (Å²) in [5.41, 5.74) is 1.74. The molecular formula is C15H18N2O2S. The van der Waals surface area contributed by atoms with Crippen LogP contribution in [0.15, 0.2) is 30.3 Å². The van der Waals surface area contributed by atoms with E-state index in [4.69, 9.17) is 4.74 Å². The van der Waals surface area contributed by atoms with Crippen molar-refractivity contribution in [2.75, 3.05) is 32.2 Å². The topological polar surface area (TPSA) is 42.4 Å². The Morgan fingerprint density at radius 2 is 2.10 bits per heavy atom. The number of aromatic nitrogens is 1. The van der Waals surface area contributed by atoms with Gasteiger partial charge in [-0.25, -0.2) is 4.98 Å². The second kappa shape index (κ2) is 7.17. The first-order chi connectivity index (χ1) is 9.76. The van der Waals surface area contributed by atoms with E-state index >= 15 is 0 Å². The highest BCUT2D eigenvalue weighted by molar-refractivity contribution is 7.17. The zero-order valence-corrected chi connectivity index (χ0v) is 12.5. The van der Waals surface area contributed by atoms with Crippen LogP contribution in [0.25, 0.3) is 11.3 Å². The Balaban J connectivity index is 2.20. The van der Waals surface area contributed by atoms with Crippen molar-refractivity contribution in [3.8, 4) is 11.3 Å². The molecule has 0 aliphatic heterocycles. The van der Waals surface area contributed by atoms with Gasteiger partial charge in [0.2, 0.25) is 0 Å². The highest BCUT2D eigenvalue weighted by Crippen LogP contribution is 2.31. The van der Waals surface area contributed by atoms with Crippen LogP contribution in [-0.4, -0.2) is 38.6 Å². The number of aldehydes is 1. The molecule has 0 unspecified atom stereocenters. The predicted octanol–water partition coefficient (Wildman–Crippen LogP) is 3.10. The molecule has 0 saturated carbocycles. The number of nitrogens with zero attached hydrogens (tertiary/aromatic N) is 2. The fourth-order valence-electron chi connectivity index (χ4n) is 1.91. The first-order valence-corrected chi connectivity index (χ1v) is 7.29. The van der Waals surface area contributed by atoms with Gasteiger partial charge < -0.3 is 9.64 Å². The summed E-state index contributed by atoms with van der Waals surface area (Å²) >= 11 is 1.43. The van der Waals surface area contributed by atoms with Gasteiger partial charge in [-0.05, 0) is 6.42 Å². The van der Waals surface area contributed by atoms with Gasteiger partial charge in [0.25, 0.3) is 0 Å². The van der Waals surface area contributed by atoms with Crippen molar-refractivity contribution in [3.63, 3.8) is 0 Å². The minimum absolute atomic E-state index is 0.671. The van der Waals surface area contributed by atoms with Gasteiger partial charge >= 0.3 is 0 Å². The summed E-state index contributed by atoms with van der Waals surface area (Å²) in [4.78, 5) is 18.6. The van der Waals surface area contributed by atoms with Gasteiger partial charge in [-0.2, -0.15) is 0 Å². The lowest BCUT2D eigenvalue weighted by atomic mass is 10.1. The maximum Gasteiger partial charge on any atom is 0.186 e. The Morgan fingerprint density at radius 1 is 1.35 bits per heavy atom. The van der Waals surface area contributed by atoms with E-state index in [1.807, 2.05) is 37.4 Å². The standard InChI is InChI=1S/C15H18N2O2S/c1-17(9-6-10-19-2)15-16-14(13(11-18)20-15)12-7-4-3-5-8-12/h3-5,7-8,11H,6,9-10H2,1-2H3. The fraction of sp³-hybridized carbons (Fsp3) is 0.333. The Morgan fingerprint density at radius 3 is 2.75 bits per heavy atom. The van der Waals surface area contributed by atoms with E-state index in [0.717, 1.165) is 42.2 Å². The van der Waals surface area contributed by atoms with Crippen molar-refractivity contribution in [2.24, 2.45) is 0 Å². The maximum absolute atomic E-state index is 11.2. The molecule has 106 valence electrons. The van der Waals surface area contributed by atoms with Crippen molar-refractivity contribution in [1.82, 2.24) is 4.98 Å². The minimum atomic E-state index is 0.671. The number of methoxy groups -OCH3 is 1. The molecule has 0 aliphatic rings. The average molecular weight is 290 g/mol. The molecule has 1 aromatic heterocycles. The SMILES string of the molecule is COCCCN(C)c1nc(-c2ccccc2)c(C=O)s1. The molecule has 0 spiro atoms. The van der Waals surface area contributed by atoms with Crippen molar-refractivity contribution in [2.45, 2.75) is 6.42 Å². The number of hydrogen-bond donors (Lipinski definition) is 0. The van der Waals surface area contributed by atoms with Crippen molar-refractivity contribution >= 4 is 22.8 Å². The van der Waals surface area contributed by atoms with Crippen LogP contribution in [0.5, 0.6) is 0 Å². The third kappa shape index (κ3) is 3.43. The van der Waals surface area contributed by atoms with Crippen molar-refractivity contribution in [3.05, 3.63) is 35.2 Å². The summed E-state index contributed by atoms with van der Waals surface area (Å²) in [7, 11) is 3.68. The number of benzene rings is 1. The second-order valence-electron chi connectivity index (χ2n) is 4.46. The summed E-state index contributed by atoms with van der Waals surface area (Å²) in [6.45, 7) is 1.58. The molecule has 2 aromatic rings. The highest BCUT2D eigenvalue weighted by Gasteiger charge is 2.14. The zero-order chi connectivity index (χ0) is 14.4. The Hall–Kier alpha value is -1.72. The molecule has 0 saturated heterocycles. The van der Waals surface area contributed by atoms with E-state index in [9.17, 15) is 4.79 Å². The van der Waals surface area contributed by atoms with E-state index in [2.05, 4.69) is 9.88 Å². The lowest BCUT2D eigenvalue weighted by Gasteiger charge is -2.14. The number of rotatable bonds is 7. The number of ether oxygens (including phenoxy) is 1. The normalized spacial score (nSPS) is 10.5. The lowest BCUT2D eigenvalue weighted by molar-refractivity contribution is 0.112. The summed E-state index contributed by atoms with van der Waals surface area (Å²) in [5, 5.41) is 0.863. The van der Waals surface area contributed by atoms with Crippen LogP contribution in [0.3, 0.4) is 0 Å². The van der Waals surface area contributed by atoms with Crippen LogP contribution in [0, 0.1) is 0 Å². The quantitative estimate of drug-likeness (QED) is 0.580. The monoisotopic (exact) mass is 290 g/mol. The molecule has 1 aromatic carbocycles. The van der Waals surface area contributed by atoms with E-state index in [0.29, 0.717) is 4.88 Å². The third-order valence-corrected chi connectivity index (χ3v) is 4.06. The van der Waals surface area contributed by atoms with E-state index in [1.54, 1.807) is 7.11 Å². The van der Waals surface area contributed by atoms with E-state index in [1.165, 1.54) is 11.3 Å². The summed E-state index contributed by atoms with van der Waals surface area (Å²) in [6, 6.07) is 9.79. The molecule has 0 amide bonds. The van der Waals surface area contributed by atoms with Gasteiger partial charge in [0.1, 0.15) is 0 Å². The number of carbonyl (C=O) groups is 1. The molecule has 1 heterocycles. The molecule has 0 radical (unpaired) electrons. The van der Waals surface area contributed by atoms with Crippen LogP contribution in [-0.2, 0) is 4.74 Å². The lowest BCUT2D eigenvalue weighted by Crippen LogP contribution is -2.19. The molecule has 0 bridgehead atoms. The number of carbonyl (C=O) groups excluding carboxylic acids is 1. The predicted molar refractivity (Wildman–Crippen MR) is 82.7 cm³/mol. The van der Waals surface area contributed by atoms with Crippen LogP contribution >= 0.6 is 11.3 Å². The first kappa shape index (κ1) is 14.7. The maximum atomic E-state index is 11.2. The highest BCUT2D eigenvalue weighted by atomic mass is 32.1. The van der Waals surface area contributed by atoms with Crippen LogP contribution in [0.4, 0.5) is 5.13 Å². The van der Waals surface area contributed by atoms with Gasteiger partial charge in [0, 0.05) is 32.9 Å². The molecule has 4 nitrogen and oxygen atoms in total. The smallest absolute Gasteiger partial charge is 0.186 e. The fourth-order valence-corrected chi connectivity index (χ4v) is 2.80. The van der Waals surface area contributed by atoms with Gasteiger partial charge in [-0.1, -0.05) is 41.7 Å². The van der Waals surface area contributed by atoms with Gasteiger partial charge in [-0.3, -0.25) is 4.79 Å². The van der Waals surface area contributed by atoms with Gasteiger partial charge in [0.05, 0.1) is 10.6 Å². The van der Waals surface area contributed by atoms with Crippen molar-refractivity contribution in [1.29, 1.82) is 0 Å². The van der Waals surface area contributed by atoms with Crippen LogP contribution in [0.1, 0.15) is 16.1 Å². The Labute approximate surface area is 123 Å². The zero-order valence-electron chi connectivity index (χ0n) is 11.7. The molecule has 0 fully saturated rings. The number of thiazole rings is 1. The first-order valence-electron chi connectivity index (χ1n) is 6.47. The van der Waals surface area contributed by atoms with Gasteiger partial charge in [0.15, 0.2) is 11.4 Å².